The van der Waals surface area contributed by atoms with E-state index >= 15 is 0 Å². The van der Waals surface area contributed by atoms with E-state index in [1.165, 1.54) is 0 Å². The van der Waals surface area contributed by atoms with Crippen LogP contribution in [0.1, 0.15) is 33.6 Å². The van der Waals surface area contributed by atoms with Gasteiger partial charge in [-0.05, 0) is 20.3 Å². The van der Waals surface area contributed by atoms with Crippen molar-refractivity contribution in [3.8, 4) is 0 Å². The molecule has 0 saturated heterocycles. The van der Waals surface area contributed by atoms with Gasteiger partial charge in [0.1, 0.15) is 12.1 Å². The fraction of sp³-hybridized carbons (Fsp3) is 0.900. The van der Waals surface area contributed by atoms with Crippen LogP contribution < -0.4 is 5.73 Å². The molecule has 0 spiro atoms. The first-order chi connectivity index (χ1) is 6.54. The van der Waals surface area contributed by atoms with E-state index < -0.39 is 5.54 Å². The van der Waals surface area contributed by atoms with Crippen LogP contribution in [-0.2, 0) is 14.3 Å². The highest BCUT2D eigenvalue weighted by molar-refractivity contribution is 5.79. The molecule has 0 aliphatic heterocycles. The molecule has 1 unspecified atom stereocenters. The third kappa shape index (κ3) is 5.19. The minimum Gasteiger partial charge on any atom is -0.462 e. The van der Waals surface area contributed by atoms with Crippen molar-refractivity contribution in [3.63, 3.8) is 0 Å². The lowest BCUT2D eigenvalue weighted by Gasteiger charge is -2.21. The van der Waals surface area contributed by atoms with Gasteiger partial charge in [0.05, 0.1) is 6.61 Å². The normalized spacial score (nSPS) is 14.9. The van der Waals surface area contributed by atoms with E-state index in [4.69, 9.17) is 15.2 Å². The molecule has 4 heteroatoms. The van der Waals surface area contributed by atoms with Crippen LogP contribution in [-0.4, -0.2) is 31.3 Å². The standard InChI is InChI=1S/C10H21NO3/c1-4-6-10(3,11)9(12)14-8-7-13-5-2/h4-8,11H2,1-3H3. The Morgan fingerprint density at radius 1 is 1.36 bits per heavy atom. The minimum absolute atomic E-state index is 0.281. The number of carbonyl (C=O) groups excluding carboxylic acids is 1. The zero-order valence-corrected chi connectivity index (χ0v) is 9.34. The van der Waals surface area contributed by atoms with Crippen LogP contribution in [0.4, 0.5) is 0 Å². The van der Waals surface area contributed by atoms with Crippen molar-refractivity contribution >= 4 is 5.97 Å². The van der Waals surface area contributed by atoms with E-state index in [1.807, 2.05) is 13.8 Å². The summed E-state index contributed by atoms with van der Waals surface area (Å²) in [7, 11) is 0. The van der Waals surface area contributed by atoms with Gasteiger partial charge in [0, 0.05) is 6.61 Å². The average Bonchev–Trinajstić information content (AvgIpc) is 2.12. The second-order valence-corrected chi connectivity index (χ2v) is 3.50. The highest BCUT2D eigenvalue weighted by atomic mass is 16.6. The molecule has 0 amide bonds. The molecule has 1 atom stereocenters. The second-order valence-electron chi connectivity index (χ2n) is 3.50. The maximum Gasteiger partial charge on any atom is 0.325 e. The molecule has 0 aliphatic carbocycles. The van der Waals surface area contributed by atoms with Gasteiger partial charge in [-0.15, -0.1) is 0 Å². The number of carbonyl (C=O) groups is 1. The average molecular weight is 203 g/mol. The molecule has 0 bridgehead atoms. The van der Waals surface area contributed by atoms with Crippen LogP contribution in [0.5, 0.6) is 0 Å². The summed E-state index contributed by atoms with van der Waals surface area (Å²) in [5, 5.41) is 0. The summed E-state index contributed by atoms with van der Waals surface area (Å²) in [4.78, 5) is 11.4. The first-order valence-corrected chi connectivity index (χ1v) is 5.08. The Morgan fingerprint density at radius 2 is 2.00 bits per heavy atom. The summed E-state index contributed by atoms with van der Waals surface area (Å²) in [6.07, 6.45) is 1.51. The van der Waals surface area contributed by atoms with E-state index in [0.717, 1.165) is 6.42 Å². The maximum absolute atomic E-state index is 11.4. The molecule has 84 valence electrons. The highest BCUT2D eigenvalue weighted by Crippen LogP contribution is 2.10. The van der Waals surface area contributed by atoms with Crippen LogP contribution in [0.3, 0.4) is 0 Å². The number of esters is 1. The first-order valence-electron chi connectivity index (χ1n) is 5.08. The quantitative estimate of drug-likeness (QED) is 0.497. The van der Waals surface area contributed by atoms with Crippen LogP contribution >= 0.6 is 0 Å². The Kier molecular flexibility index (Phi) is 6.49. The van der Waals surface area contributed by atoms with Gasteiger partial charge in [-0.3, -0.25) is 4.79 Å². The summed E-state index contributed by atoms with van der Waals surface area (Å²) in [5.74, 6) is -0.348. The number of ether oxygens (including phenoxy) is 2. The van der Waals surface area contributed by atoms with Crippen LogP contribution in [0.15, 0.2) is 0 Å². The summed E-state index contributed by atoms with van der Waals surface area (Å²) < 4.78 is 10.0. The first kappa shape index (κ1) is 13.4. The monoisotopic (exact) mass is 203 g/mol. The Labute approximate surface area is 85.8 Å². The summed E-state index contributed by atoms with van der Waals surface area (Å²) in [6, 6.07) is 0. The van der Waals surface area contributed by atoms with Gasteiger partial charge in [0.15, 0.2) is 0 Å². The molecule has 0 heterocycles. The number of hydrogen-bond acceptors (Lipinski definition) is 4. The molecule has 14 heavy (non-hydrogen) atoms. The third-order valence-electron chi connectivity index (χ3n) is 1.90. The Morgan fingerprint density at radius 3 is 2.50 bits per heavy atom. The van der Waals surface area contributed by atoms with Crippen molar-refractivity contribution in [2.45, 2.75) is 39.2 Å². The predicted molar refractivity (Wildman–Crippen MR) is 55.0 cm³/mol. The molecule has 0 aliphatic rings. The van der Waals surface area contributed by atoms with Gasteiger partial charge < -0.3 is 15.2 Å². The van der Waals surface area contributed by atoms with Crippen molar-refractivity contribution in [2.75, 3.05) is 19.8 Å². The molecule has 4 nitrogen and oxygen atoms in total. The van der Waals surface area contributed by atoms with Crippen LogP contribution in [0.25, 0.3) is 0 Å². The van der Waals surface area contributed by atoms with Gasteiger partial charge in [-0.25, -0.2) is 0 Å². The third-order valence-corrected chi connectivity index (χ3v) is 1.90. The molecule has 0 radical (unpaired) electrons. The van der Waals surface area contributed by atoms with Gasteiger partial charge in [0.2, 0.25) is 0 Å². The lowest BCUT2D eigenvalue weighted by atomic mass is 9.98. The smallest absolute Gasteiger partial charge is 0.325 e. The number of nitrogens with two attached hydrogens (primary N) is 1. The van der Waals surface area contributed by atoms with Crippen LogP contribution in [0, 0.1) is 0 Å². The Bertz CT molecular complexity index is 169. The lowest BCUT2D eigenvalue weighted by Crippen LogP contribution is -2.46. The van der Waals surface area contributed by atoms with E-state index in [2.05, 4.69) is 0 Å². The molecular weight excluding hydrogens is 182 g/mol. The largest absolute Gasteiger partial charge is 0.462 e. The molecule has 0 saturated carbocycles. The van der Waals surface area contributed by atoms with Crippen molar-refractivity contribution in [3.05, 3.63) is 0 Å². The molecule has 2 N–H and O–H groups in total. The second kappa shape index (κ2) is 6.79. The fourth-order valence-electron chi connectivity index (χ4n) is 1.12. The predicted octanol–water partition coefficient (Wildman–Crippen LogP) is 1.08. The van der Waals surface area contributed by atoms with Crippen molar-refractivity contribution < 1.29 is 14.3 Å². The van der Waals surface area contributed by atoms with E-state index in [-0.39, 0.29) is 12.6 Å². The van der Waals surface area contributed by atoms with Crippen molar-refractivity contribution in [1.82, 2.24) is 0 Å². The minimum atomic E-state index is -0.860. The molecular formula is C10H21NO3. The van der Waals surface area contributed by atoms with Gasteiger partial charge >= 0.3 is 5.97 Å². The van der Waals surface area contributed by atoms with Crippen molar-refractivity contribution in [1.29, 1.82) is 0 Å². The van der Waals surface area contributed by atoms with Crippen molar-refractivity contribution in [2.24, 2.45) is 5.73 Å². The molecule has 0 rings (SSSR count). The molecule has 0 aromatic carbocycles. The Hall–Kier alpha value is -0.610. The van der Waals surface area contributed by atoms with E-state index in [0.29, 0.717) is 19.6 Å². The molecule has 0 aromatic heterocycles. The Balaban J connectivity index is 3.71. The summed E-state index contributed by atoms with van der Waals surface area (Å²) >= 11 is 0. The number of rotatable bonds is 7. The van der Waals surface area contributed by atoms with E-state index in [1.54, 1.807) is 6.92 Å². The molecule has 0 fully saturated rings. The number of hydrogen-bond donors (Lipinski definition) is 1. The highest BCUT2D eigenvalue weighted by Gasteiger charge is 2.28. The van der Waals surface area contributed by atoms with Crippen LogP contribution in [0.2, 0.25) is 0 Å². The van der Waals surface area contributed by atoms with E-state index in [9.17, 15) is 4.79 Å². The summed E-state index contributed by atoms with van der Waals surface area (Å²) in [5.41, 5.74) is 4.91. The van der Waals surface area contributed by atoms with Gasteiger partial charge in [-0.1, -0.05) is 13.3 Å². The summed E-state index contributed by atoms with van der Waals surface area (Å²) in [6.45, 7) is 6.92. The SMILES string of the molecule is CCCC(C)(N)C(=O)OCCOCC. The zero-order valence-electron chi connectivity index (χ0n) is 9.34. The lowest BCUT2D eigenvalue weighted by molar-refractivity contribution is -0.151. The topological polar surface area (TPSA) is 61.6 Å². The van der Waals surface area contributed by atoms with Gasteiger partial charge in [0.25, 0.3) is 0 Å². The zero-order chi connectivity index (χ0) is 11.0. The van der Waals surface area contributed by atoms with Gasteiger partial charge in [-0.2, -0.15) is 0 Å². The maximum atomic E-state index is 11.4. The fourth-order valence-corrected chi connectivity index (χ4v) is 1.12. The molecule has 0 aromatic rings.